The third-order valence-corrected chi connectivity index (χ3v) is 2.48. The topological polar surface area (TPSA) is 17.1 Å². The fourth-order valence-corrected chi connectivity index (χ4v) is 1.19. The molecule has 0 saturated carbocycles. The van der Waals surface area contributed by atoms with Crippen LogP contribution in [0.3, 0.4) is 0 Å². The van der Waals surface area contributed by atoms with Gasteiger partial charge in [-0.05, 0) is 6.08 Å². The number of allylic oxidation sites excluding steroid dienone is 1. The van der Waals surface area contributed by atoms with Crippen LogP contribution in [-0.4, -0.2) is 13.9 Å². The fraction of sp³-hybridized carbons (Fsp3) is 0.667. The molecule has 0 radical (unpaired) electrons. The minimum absolute atomic E-state index is 0.141. The molecule has 0 aromatic carbocycles. The summed E-state index contributed by atoms with van der Waals surface area (Å²) in [6.45, 7) is 10.5. The molecule has 0 spiro atoms. The summed E-state index contributed by atoms with van der Waals surface area (Å²) in [6, 6.07) is 0. The summed E-state index contributed by atoms with van der Waals surface area (Å²) >= 11 is 0. The normalized spacial score (nSPS) is 12.9. The van der Waals surface area contributed by atoms with Crippen molar-refractivity contribution in [2.75, 3.05) is 0 Å². The highest BCUT2D eigenvalue weighted by Crippen LogP contribution is 2.03. The molecule has 0 heterocycles. The predicted molar refractivity (Wildman–Crippen MR) is 52.3 cm³/mol. The van der Waals surface area contributed by atoms with Gasteiger partial charge in [0.15, 0.2) is 5.78 Å². The molecule has 2 heteroatoms. The smallest absolute Gasteiger partial charge is 0.157 e. The van der Waals surface area contributed by atoms with Gasteiger partial charge in [-0.2, -0.15) is 0 Å². The summed E-state index contributed by atoms with van der Waals surface area (Å²) in [5.74, 6) is 0.384. The van der Waals surface area contributed by atoms with Gasteiger partial charge in [-0.3, -0.25) is 4.79 Å². The van der Waals surface area contributed by atoms with E-state index >= 15 is 0 Å². The van der Waals surface area contributed by atoms with Crippen LogP contribution in [0.2, 0.25) is 19.6 Å². The van der Waals surface area contributed by atoms with Crippen molar-refractivity contribution in [2.45, 2.75) is 33.5 Å². The number of hydrogen-bond donors (Lipinski definition) is 0. The Labute approximate surface area is 70.5 Å². The zero-order valence-corrected chi connectivity index (χ0v) is 9.14. The summed E-state index contributed by atoms with van der Waals surface area (Å²) in [6.07, 6.45) is 1.75. The molecule has 11 heavy (non-hydrogen) atoms. The summed E-state index contributed by atoms with van der Waals surface area (Å²) in [5.41, 5.74) is 2.09. The first-order valence-corrected chi connectivity index (χ1v) is 7.64. The van der Waals surface area contributed by atoms with Crippen LogP contribution in [-0.2, 0) is 4.79 Å². The van der Waals surface area contributed by atoms with Gasteiger partial charge in [0.25, 0.3) is 0 Å². The molecular formula is C9H18OSi. The molecule has 0 aromatic rings. The predicted octanol–water partition coefficient (Wildman–Crippen LogP) is 2.65. The highest BCUT2D eigenvalue weighted by molar-refractivity contribution is 6.81. The van der Waals surface area contributed by atoms with Crippen molar-refractivity contribution in [3.05, 3.63) is 11.8 Å². The molecule has 0 aromatic heterocycles. The second-order valence-corrected chi connectivity index (χ2v) is 9.32. The molecule has 1 nitrogen and oxygen atoms in total. The lowest BCUT2D eigenvalue weighted by Gasteiger charge is -2.08. The average Bonchev–Trinajstić information content (AvgIpc) is 1.80. The van der Waals surface area contributed by atoms with Crippen molar-refractivity contribution in [1.29, 1.82) is 0 Å². The van der Waals surface area contributed by atoms with E-state index in [1.807, 2.05) is 13.8 Å². The van der Waals surface area contributed by atoms with Gasteiger partial charge in [0.2, 0.25) is 0 Å². The first-order valence-electron chi connectivity index (χ1n) is 4.06. The molecule has 0 aliphatic carbocycles. The van der Waals surface area contributed by atoms with E-state index in [1.54, 1.807) is 6.08 Å². The van der Waals surface area contributed by atoms with Crippen LogP contribution in [0.25, 0.3) is 0 Å². The second-order valence-electron chi connectivity index (χ2n) is 4.26. The molecule has 0 aliphatic rings. The molecular weight excluding hydrogens is 152 g/mol. The maximum atomic E-state index is 11.1. The van der Waals surface area contributed by atoms with E-state index in [0.717, 1.165) is 0 Å². The quantitative estimate of drug-likeness (QED) is 0.470. The third-order valence-electron chi connectivity index (χ3n) is 1.32. The Kier molecular flexibility index (Phi) is 3.73. The molecule has 0 saturated heterocycles. The Hall–Kier alpha value is -0.373. The summed E-state index contributed by atoms with van der Waals surface area (Å²) in [7, 11) is -1.17. The lowest BCUT2D eigenvalue weighted by Crippen LogP contribution is -2.17. The Morgan fingerprint density at radius 1 is 1.27 bits per heavy atom. The van der Waals surface area contributed by atoms with Crippen LogP contribution in [0.1, 0.15) is 13.8 Å². The Morgan fingerprint density at radius 3 is 2.00 bits per heavy atom. The highest BCUT2D eigenvalue weighted by Gasteiger charge is 2.09. The average molecular weight is 170 g/mol. The number of rotatable bonds is 3. The molecule has 0 fully saturated rings. The third kappa shape index (κ3) is 6.04. The van der Waals surface area contributed by atoms with E-state index in [1.165, 1.54) is 0 Å². The van der Waals surface area contributed by atoms with E-state index in [-0.39, 0.29) is 11.7 Å². The van der Waals surface area contributed by atoms with Crippen molar-refractivity contribution < 1.29 is 4.79 Å². The number of hydrogen-bond acceptors (Lipinski definition) is 1. The van der Waals surface area contributed by atoms with Gasteiger partial charge >= 0.3 is 0 Å². The van der Waals surface area contributed by atoms with Gasteiger partial charge in [0, 0.05) is 5.92 Å². The first kappa shape index (κ1) is 10.6. The molecule has 0 rings (SSSR count). The van der Waals surface area contributed by atoms with Gasteiger partial charge in [0.05, 0.1) is 8.07 Å². The summed E-state index contributed by atoms with van der Waals surface area (Å²) in [4.78, 5) is 11.1. The highest BCUT2D eigenvalue weighted by atomic mass is 28.3. The van der Waals surface area contributed by atoms with Gasteiger partial charge in [-0.25, -0.2) is 0 Å². The molecule has 0 bridgehead atoms. The minimum Gasteiger partial charge on any atom is -0.295 e. The maximum absolute atomic E-state index is 11.1. The van der Waals surface area contributed by atoms with E-state index < -0.39 is 8.07 Å². The van der Waals surface area contributed by atoms with Crippen molar-refractivity contribution in [3.8, 4) is 0 Å². The molecule has 0 atom stereocenters. The lowest BCUT2D eigenvalue weighted by atomic mass is 10.1. The van der Waals surface area contributed by atoms with Gasteiger partial charge < -0.3 is 0 Å². The zero-order valence-electron chi connectivity index (χ0n) is 8.14. The number of carbonyl (C=O) groups excluding carboxylic acids is 1. The molecule has 0 amide bonds. The number of ketones is 1. The van der Waals surface area contributed by atoms with Gasteiger partial charge in [0.1, 0.15) is 0 Å². The van der Waals surface area contributed by atoms with Crippen molar-refractivity contribution in [1.82, 2.24) is 0 Å². The SMILES string of the molecule is CC(C)C(=O)/C=C\[Si](C)(C)C. The maximum Gasteiger partial charge on any atom is 0.157 e. The Bertz CT molecular complexity index is 163. The molecule has 0 unspecified atom stereocenters. The van der Waals surface area contributed by atoms with Crippen LogP contribution in [0.15, 0.2) is 11.8 Å². The van der Waals surface area contributed by atoms with Crippen molar-refractivity contribution >= 4 is 13.9 Å². The summed E-state index contributed by atoms with van der Waals surface area (Å²) < 4.78 is 0. The van der Waals surface area contributed by atoms with Crippen molar-refractivity contribution in [2.24, 2.45) is 5.92 Å². The van der Waals surface area contributed by atoms with E-state index in [4.69, 9.17) is 0 Å². The molecule has 0 N–H and O–H groups in total. The first-order chi connectivity index (χ1) is 4.83. The monoisotopic (exact) mass is 170 g/mol. The lowest BCUT2D eigenvalue weighted by molar-refractivity contribution is -0.117. The van der Waals surface area contributed by atoms with Gasteiger partial charge in [-0.1, -0.05) is 39.2 Å². The zero-order chi connectivity index (χ0) is 9.07. The largest absolute Gasteiger partial charge is 0.295 e. The molecule has 64 valence electrons. The van der Waals surface area contributed by atoms with E-state index in [0.29, 0.717) is 0 Å². The van der Waals surface area contributed by atoms with Crippen molar-refractivity contribution in [3.63, 3.8) is 0 Å². The van der Waals surface area contributed by atoms with Crippen LogP contribution >= 0.6 is 0 Å². The minimum atomic E-state index is -1.17. The number of carbonyl (C=O) groups is 1. The fourth-order valence-electron chi connectivity index (χ4n) is 0.525. The Balaban J connectivity index is 4.05. The summed E-state index contributed by atoms with van der Waals surface area (Å²) in [5, 5.41) is 0. The second kappa shape index (κ2) is 3.86. The van der Waals surface area contributed by atoms with Crippen LogP contribution in [0, 0.1) is 5.92 Å². The van der Waals surface area contributed by atoms with Crippen LogP contribution < -0.4 is 0 Å². The Morgan fingerprint density at radius 2 is 1.73 bits per heavy atom. The van der Waals surface area contributed by atoms with Crippen LogP contribution in [0.4, 0.5) is 0 Å². The molecule has 0 aliphatic heterocycles. The van der Waals surface area contributed by atoms with E-state index in [2.05, 4.69) is 25.3 Å². The van der Waals surface area contributed by atoms with E-state index in [9.17, 15) is 4.79 Å². The van der Waals surface area contributed by atoms with Crippen LogP contribution in [0.5, 0.6) is 0 Å². The van der Waals surface area contributed by atoms with Gasteiger partial charge in [-0.15, -0.1) is 0 Å². The standard InChI is InChI=1S/C9H18OSi/c1-8(2)9(10)6-7-11(3,4)5/h6-8H,1-5H3/b7-6-.